The van der Waals surface area contributed by atoms with Crippen LogP contribution >= 0.6 is 0 Å². The van der Waals surface area contributed by atoms with Crippen molar-refractivity contribution in [1.82, 2.24) is 19.5 Å². The zero-order valence-corrected chi connectivity index (χ0v) is 14.3. The molecule has 0 aliphatic carbocycles. The fourth-order valence-corrected chi connectivity index (χ4v) is 3.35. The maximum atomic E-state index is 12.6. The molecule has 1 saturated heterocycles. The fraction of sp³-hybridized carbons (Fsp3) is 0.316. The number of piperidine rings is 1. The Morgan fingerprint density at radius 2 is 2.08 bits per heavy atom. The topological polar surface area (TPSA) is 79.7 Å². The highest BCUT2D eigenvalue weighted by Crippen LogP contribution is 2.31. The fourth-order valence-electron chi connectivity index (χ4n) is 3.35. The highest BCUT2D eigenvalue weighted by Gasteiger charge is 2.31. The standard InChI is InChI=1S/C19H20N4O3/c24-18-9-11-23-17(20-18)12-15(21-23)16-8-4-5-10-22(16)19(25)26-13-14-6-2-1-3-7-14/h1-3,6-7,9,11-12,16H,4-5,8,10,13H2,(H,20,24)/t16-/m0/s1. The molecular formula is C19H20N4O3. The minimum Gasteiger partial charge on any atom is -0.445 e. The number of likely N-dealkylation sites (tertiary alicyclic amines) is 1. The highest BCUT2D eigenvalue weighted by molar-refractivity contribution is 5.68. The molecule has 1 N–H and O–H groups in total. The largest absolute Gasteiger partial charge is 0.445 e. The van der Waals surface area contributed by atoms with Crippen LogP contribution in [0.3, 0.4) is 0 Å². The number of carbonyl (C=O) groups excluding carboxylic acids is 1. The number of ether oxygens (including phenoxy) is 1. The van der Waals surface area contributed by atoms with Gasteiger partial charge in [0, 0.05) is 24.9 Å². The van der Waals surface area contributed by atoms with Gasteiger partial charge in [-0.25, -0.2) is 9.31 Å². The number of amides is 1. The van der Waals surface area contributed by atoms with E-state index < -0.39 is 0 Å². The number of fused-ring (bicyclic) bond motifs is 1. The van der Waals surface area contributed by atoms with Crippen LogP contribution in [0.4, 0.5) is 4.79 Å². The first-order valence-electron chi connectivity index (χ1n) is 8.77. The van der Waals surface area contributed by atoms with Crippen LogP contribution in [0.2, 0.25) is 0 Å². The Morgan fingerprint density at radius 3 is 2.92 bits per heavy atom. The van der Waals surface area contributed by atoms with Gasteiger partial charge in [0.05, 0.1) is 11.7 Å². The molecule has 1 fully saturated rings. The van der Waals surface area contributed by atoms with E-state index in [4.69, 9.17) is 4.74 Å². The average molecular weight is 352 g/mol. The Bertz CT molecular complexity index is 964. The molecule has 0 spiro atoms. The lowest BCUT2D eigenvalue weighted by atomic mass is 10.00. The average Bonchev–Trinajstić information content (AvgIpc) is 3.10. The van der Waals surface area contributed by atoms with Gasteiger partial charge in [0.15, 0.2) is 0 Å². The lowest BCUT2D eigenvalue weighted by Crippen LogP contribution is -2.39. The summed E-state index contributed by atoms with van der Waals surface area (Å²) in [7, 11) is 0. The van der Waals surface area contributed by atoms with Crippen LogP contribution in [0.15, 0.2) is 53.5 Å². The zero-order chi connectivity index (χ0) is 17.9. The summed E-state index contributed by atoms with van der Waals surface area (Å²) in [4.78, 5) is 28.6. The quantitative estimate of drug-likeness (QED) is 0.786. The van der Waals surface area contributed by atoms with Crippen molar-refractivity contribution in [2.24, 2.45) is 0 Å². The summed E-state index contributed by atoms with van der Waals surface area (Å²) in [6.07, 6.45) is 4.09. The predicted octanol–water partition coefficient (Wildman–Crippen LogP) is 2.89. The van der Waals surface area contributed by atoms with E-state index in [2.05, 4.69) is 10.1 Å². The molecule has 3 aromatic rings. The second-order valence-corrected chi connectivity index (χ2v) is 6.45. The van der Waals surface area contributed by atoms with E-state index in [0.717, 1.165) is 30.5 Å². The molecule has 26 heavy (non-hydrogen) atoms. The van der Waals surface area contributed by atoms with E-state index in [9.17, 15) is 9.59 Å². The Hall–Kier alpha value is -3.09. The van der Waals surface area contributed by atoms with E-state index in [-0.39, 0.29) is 24.3 Å². The predicted molar refractivity (Wildman–Crippen MR) is 95.7 cm³/mol. The third-order valence-electron chi connectivity index (χ3n) is 4.66. The highest BCUT2D eigenvalue weighted by atomic mass is 16.6. The van der Waals surface area contributed by atoms with E-state index in [0.29, 0.717) is 12.2 Å². The number of hydrogen-bond acceptors (Lipinski definition) is 4. The van der Waals surface area contributed by atoms with E-state index in [1.54, 1.807) is 15.6 Å². The Kier molecular flexibility index (Phi) is 4.43. The van der Waals surface area contributed by atoms with Crippen molar-refractivity contribution in [2.75, 3.05) is 6.54 Å². The molecule has 1 aliphatic rings. The van der Waals surface area contributed by atoms with Crippen molar-refractivity contribution in [3.05, 3.63) is 70.3 Å². The molecule has 3 heterocycles. The van der Waals surface area contributed by atoms with Crippen molar-refractivity contribution in [2.45, 2.75) is 31.9 Å². The normalized spacial score (nSPS) is 17.4. The van der Waals surface area contributed by atoms with Crippen LogP contribution in [-0.2, 0) is 11.3 Å². The minimum atomic E-state index is -0.330. The van der Waals surface area contributed by atoms with Crippen molar-refractivity contribution in [1.29, 1.82) is 0 Å². The third kappa shape index (κ3) is 3.33. The molecule has 7 nitrogen and oxygen atoms in total. The molecule has 7 heteroatoms. The summed E-state index contributed by atoms with van der Waals surface area (Å²) in [6.45, 7) is 0.893. The van der Waals surface area contributed by atoms with E-state index in [1.807, 2.05) is 36.4 Å². The van der Waals surface area contributed by atoms with Gasteiger partial charge in [-0.05, 0) is 24.8 Å². The van der Waals surface area contributed by atoms with Gasteiger partial charge in [0.25, 0.3) is 5.56 Å². The van der Waals surface area contributed by atoms with Crippen molar-refractivity contribution >= 4 is 11.7 Å². The van der Waals surface area contributed by atoms with Crippen LogP contribution in [0, 0.1) is 0 Å². The van der Waals surface area contributed by atoms with E-state index in [1.165, 1.54) is 6.07 Å². The molecule has 1 amide bonds. The Labute approximate surface area is 150 Å². The third-order valence-corrected chi connectivity index (χ3v) is 4.66. The number of carbonyl (C=O) groups is 1. The van der Waals surface area contributed by atoms with Gasteiger partial charge in [-0.2, -0.15) is 5.10 Å². The molecule has 0 bridgehead atoms. The second-order valence-electron chi connectivity index (χ2n) is 6.45. The molecule has 0 radical (unpaired) electrons. The van der Waals surface area contributed by atoms with Crippen molar-refractivity contribution < 1.29 is 9.53 Å². The second kappa shape index (κ2) is 7.03. The van der Waals surface area contributed by atoms with Crippen LogP contribution in [0.25, 0.3) is 5.65 Å². The summed E-state index contributed by atoms with van der Waals surface area (Å²) in [5.41, 5.74) is 2.17. The van der Waals surface area contributed by atoms with Crippen molar-refractivity contribution in [3.63, 3.8) is 0 Å². The molecule has 1 aliphatic heterocycles. The number of nitrogens with zero attached hydrogens (tertiary/aromatic N) is 3. The van der Waals surface area contributed by atoms with Crippen LogP contribution in [0.5, 0.6) is 0 Å². The molecule has 2 aromatic heterocycles. The number of aromatic amines is 1. The molecule has 134 valence electrons. The summed E-state index contributed by atoms with van der Waals surface area (Å²) >= 11 is 0. The number of aromatic nitrogens is 3. The molecular weight excluding hydrogens is 332 g/mol. The summed E-state index contributed by atoms with van der Waals surface area (Å²) in [5.74, 6) is 0. The summed E-state index contributed by atoms with van der Waals surface area (Å²) < 4.78 is 7.13. The maximum Gasteiger partial charge on any atom is 0.410 e. The monoisotopic (exact) mass is 352 g/mol. The van der Waals surface area contributed by atoms with Crippen LogP contribution in [-0.4, -0.2) is 32.1 Å². The van der Waals surface area contributed by atoms with Gasteiger partial charge in [0.1, 0.15) is 12.3 Å². The number of rotatable bonds is 3. The van der Waals surface area contributed by atoms with Gasteiger partial charge in [-0.15, -0.1) is 0 Å². The zero-order valence-electron chi connectivity index (χ0n) is 14.3. The van der Waals surface area contributed by atoms with Gasteiger partial charge >= 0.3 is 6.09 Å². The Balaban J connectivity index is 1.53. The first kappa shape index (κ1) is 16.4. The SMILES string of the molecule is O=C(OCc1ccccc1)N1CCCC[C@H]1c1cc2[nH]c(=O)ccn2n1. The van der Waals surface area contributed by atoms with Crippen LogP contribution < -0.4 is 5.56 Å². The first-order valence-corrected chi connectivity index (χ1v) is 8.77. The summed E-state index contributed by atoms with van der Waals surface area (Å²) in [6, 6.07) is 12.7. The maximum absolute atomic E-state index is 12.6. The lowest BCUT2D eigenvalue weighted by molar-refractivity contribution is 0.0668. The molecule has 0 saturated carbocycles. The molecule has 4 rings (SSSR count). The number of H-pyrrole nitrogens is 1. The van der Waals surface area contributed by atoms with Crippen molar-refractivity contribution in [3.8, 4) is 0 Å². The number of hydrogen-bond donors (Lipinski definition) is 1. The summed E-state index contributed by atoms with van der Waals surface area (Å²) in [5, 5.41) is 4.53. The first-order chi connectivity index (χ1) is 12.7. The number of benzene rings is 1. The molecule has 0 unspecified atom stereocenters. The van der Waals surface area contributed by atoms with E-state index >= 15 is 0 Å². The van der Waals surface area contributed by atoms with Crippen LogP contribution in [0.1, 0.15) is 36.6 Å². The van der Waals surface area contributed by atoms with Gasteiger partial charge in [0.2, 0.25) is 0 Å². The Morgan fingerprint density at radius 1 is 1.23 bits per heavy atom. The number of nitrogens with one attached hydrogen (secondary N) is 1. The molecule has 1 aromatic carbocycles. The van der Waals surface area contributed by atoms with Gasteiger partial charge in [-0.1, -0.05) is 30.3 Å². The van der Waals surface area contributed by atoms with Gasteiger partial charge in [-0.3, -0.25) is 9.69 Å². The smallest absolute Gasteiger partial charge is 0.410 e. The minimum absolute atomic E-state index is 0.143. The van der Waals surface area contributed by atoms with Gasteiger partial charge < -0.3 is 9.72 Å². The molecule has 1 atom stereocenters. The lowest BCUT2D eigenvalue weighted by Gasteiger charge is -2.33.